The van der Waals surface area contributed by atoms with Gasteiger partial charge in [0.25, 0.3) is 0 Å². The lowest BCUT2D eigenvalue weighted by Crippen LogP contribution is -2.07. The van der Waals surface area contributed by atoms with Gasteiger partial charge in [-0.1, -0.05) is 42.5 Å². The first kappa shape index (κ1) is 12.5. The van der Waals surface area contributed by atoms with Crippen molar-refractivity contribution >= 4 is 16.5 Å². The maximum atomic E-state index is 6.24. The molecule has 1 saturated carbocycles. The van der Waals surface area contributed by atoms with E-state index < -0.39 is 0 Å². The molecule has 2 aromatic carbocycles. The molecule has 1 unspecified atom stereocenters. The average Bonchev–Trinajstić information content (AvgIpc) is 3.29. The molecule has 2 N–H and O–H groups in total. The molecule has 0 radical (unpaired) electrons. The third-order valence-corrected chi connectivity index (χ3v) is 4.53. The Kier molecular flexibility index (Phi) is 2.74. The molecule has 1 aromatic heterocycles. The third-order valence-electron chi connectivity index (χ3n) is 4.53. The maximum Gasteiger partial charge on any atom is 0.116 e. The molecular formula is C18H19N3. The van der Waals surface area contributed by atoms with Crippen LogP contribution in [-0.4, -0.2) is 9.78 Å². The van der Waals surface area contributed by atoms with Crippen LogP contribution in [-0.2, 0) is 0 Å². The van der Waals surface area contributed by atoms with E-state index in [1.165, 1.54) is 23.6 Å². The molecule has 0 saturated heterocycles. The van der Waals surface area contributed by atoms with E-state index in [1.807, 2.05) is 10.9 Å². The van der Waals surface area contributed by atoms with Crippen molar-refractivity contribution in [1.82, 2.24) is 9.78 Å². The van der Waals surface area contributed by atoms with E-state index in [0.717, 1.165) is 22.9 Å². The summed E-state index contributed by atoms with van der Waals surface area (Å²) in [4.78, 5) is 0. The number of nitrogens with zero attached hydrogens (tertiary/aromatic N) is 2. The van der Waals surface area contributed by atoms with Gasteiger partial charge in [0.2, 0.25) is 0 Å². The van der Waals surface area contributed by atoms with E-state index in [4.69, 9.17) is 10.8 Å². The Morgan fingerprint density at radius 2 is 1.90 bits per heavy atom. The van der Waals surface area contributed by atoms with Gasteiger partial charge in [-0.3, -0.25) is 4.68 Å². The quantitative estimate of drug-likeness (QED) is 0.777. The highest BCUT2D eigenvalue weighted by Gasteiger charge is 2.30. The lowest BCUT2D eigenvalue weighted by Gasteiger charge is -2.10. The van der Waals surface area contributed by atoms with Crippen molar-refractivity contribution in [3.05, 3.63) is 48.7 Å². The van der Waals surface area contributed by atoms with Crippen molar-refractivity contribution in [2.75, 3.05) is 5.73 Å². The van der Waals surface area contributed by atoms with Crippen LogP contribution in [0.15, 0.2) is 48.7 Å². The van der Waals surface area contributed by atoms with Crippen LogP contribution < -0.4 is 5.73 Å². The smallest absolute Gasteiger partial charge is 0.116 e. The minimum absolute atomic E-state index is 0.441. The highest BCUT2D eigenvalue weighted by molar-refractivity contribution is 5.97. The molecule has 0 bridgehead atoms. The van der Waals surface area contributed by atoms with E-state index in [2.05, 4.69) is 49.4 Å². The Hall–Kier alpha value is -2.29. The van der Waals surface area contributed by atoms with Gasteiger partial charge in [-0.15, -0.1) is 0 Å². The number of nitrogen functional groups attached to an aromatic ring is 1. The second kappa shape index (κ2) is 4.62. The molecule has 1 aliphatic carbocycles. The summed E-state index contributed by atoms with van der Waals surface area (Å²) in [7, 11) is 0. The number of fused-ring (bicyclic) bond motifs is 1. The second-order valence-electron chi connectivity index (χ2n) is 6.02. The van der Waals surface area contributed by atoms with Crippen molar-refractivity contribution in [1.29, 1.82) is 0 Å². The van der Waals surface area contributed by atoms with Gasteiger partial charge in [-0.25, -0.2) is 0 Å². The Morgan fingerprint density at radius 3 is 2.71 bits per heavy atom. The first-order chi connectivity index (χ1) is 10.2. The predicted octanol–water partition coefficient (Wildman–Crippen LogP) is 4.26. The highest BCUT2D eigenvalue weighted by Crippen LogP contribution is 2.40. The third kappa shape index (κ3) is 2.09. The maximum absolute atomic E-state index is 6.24. The zero-order valence-electron chi connectivity index (χ0n) is 12.2. The van der Waals surface area contributed by atoms with Gasteiger partial charge in [0.15, 0.2) is 0 Å². The van der Waals surface area contributed by atoms with Crippen LogP contribution in [0.2, 0.25) is 0 Å². The Balaban J connectivity index is 1.85. The number of nitrogens with two attached hydrogens (primary N) is 1. The first-order valence-electron chi connectivity index (χ1n) is 7.57. The number of anilines is 1. The molecule has 4 rings (SSSR count). The summed E-state index contributed by atoms with van der Waals surface area (Å²) in [5.41, 5.74) is 9.02. The fourth-order valence-corrected chi connectivity index (χ4v) is 3.05. The standard InChI is InChI=1S/C18H19N3/c1-12(13-9-10-13)21-11-17(19)18(20-21)16-8-4-6-14-5-2-3-7-15(14)16/h2-8,11-13H,9-10,19H2,1H3. The van der Waals surface area contributed by atoms with Crippen molar-refractivity contribution in [3.8, 4) is 11.3 Å². The SMILES string of the molecule is CC(C1CC1)n1cc(N)c(-c2cccc3ccccc23)n1. The summed E-state index contributed by atoms with van der Waals surface area (Å²) in [5, 5.41) is 7.21. The fourth-order valence-electron chi connectivity index (χ4n) is 3.05. The summed E-state index contributed by atoms with van der Waals surface area (Å²) in [5.74, 6) is 0.768. The molecule has 106 valence electrons. The van der Waals surface area contributed by atoms with Gasteiger partial charge in [-0.2, -0.15) is 5.10 Å². The van der Waals surface area contributed by atoms with Gasteiger partial charge in [0.1, 0.15) is 5.69 Å². The Bertz CT molecular complexity index is 794. The van der Waals surface area contributed by atoms with Crippen LogP contribution in [0.5, 0.6) is 0 Å². The van der Waals surface area contributed by atoms with Crippen molar-refractivity contribution in [2.24, 2.45) is 5.92 Å². The minimum Gasteiger partial charge on any atom is -0.396 e. The van der Waals surface area contributed by atoms with Crippen LogP contribution >= 0.6 is 0 Å². The van der Waals surface area contributed by atoms with Crippen molar-refractivity contribution in [3.63, 3.8) is 0 Å². The Labute approximate surface area is 124 Å². The molecule has 21 heavy (non-hydrogen) atoms. The average molecular weight is 277 g/mol. The first-order valence-corrected chi connectivity index (χ1v) is 7.57. The van der Waals surface area contributed by atoms with E-state index in [1.54, 1.807) is 0 Å². The summed E-state index contributed by atoms with van der Waals surface area (Å²) in [6.07, 6.45) is 4.61. The molecule has 1 fully saturated rings. The largest absolute Gasteiger partial charge is 0.396 e. The minimum atomic E-state index is 0.441. The van der Waals surface area contributed by atoms with Gasteiger partial charge in [0, 0.05) is 11.8 Å². The molecule has 3 aromatic rings. The van der Waals surface area contributed by atoms with E-state index >= 15 is 0 Å². The summed E-state index contributed by atoms with van der Waals surface area (Å²) >= 11 is 0. The molecule has 0 amide bonds. The number of benzene rings is 2. The number of rotatable bonds is 3. The van der Waals surface area contributed by atoms with Gasteiger partial charge in [0.05, 0.1) is 11.7 Å². The van der Waals surface area contributed by atoms with E-state index in [0.29, 0.717) is 6.04 Å². The zero-order chi connectivity index (χ0) is 14.4. The zero-order valence-corrected chi connectivity index (χ0v) is 12.2. The lowest BCUT2D eigenvalue weighted by molar-refractivity contribution is 0.441. The number of aromatic nitrogens is 2. The normalized spacial score (nSPS) is 16.2. The van der Waals surface area contributed by atoms with Crippen LogP contribution in [0.3, 0.4) is 0 Å². The van der Waals surface area contributed by atoms with Crippen LogP contribution in [0.4, 0.5) is 5.69 Å². The molecule has 1 heterocycles. The fraction of sp³-hybridized carbons (Fsp3) is 0.278. The molecule has 0 aliphatic heterocycles. The van der Waals surface area contributed by atoms with Crippen LogP contribution in [0, 0.1) is 5.92 Å². The topological polar surface area (TPSA) is 43.8 Å². The van der Waals surface area contributed by atoms with Crippen LogP contribution in [0.1, 0.15) is 25.8 Å². The second-order valence-corrected chi connectivity index (χ2v) is 6.02. The van der Waals surface area contributed by atoms with E-state index in [9.17, 15) is 0 Å². The van der Waals surface area contributed by atoms with Crippen molar-refractivity contribution in [2.45, 2.75) is 25.8 Å². The monoisotopic (exact) mass is 277 g/mol. The summed E-state index contributed by atoms with van der Waals surface area (Å²) < 4.78 is 2.05. The molecule has 3 nitrogen and oxygen atoms in total. The molecule has 3 heteroatoms. The van der Waals surface area contributed by atoms with E-state index in [-0.39, 0.29) is 0 Å². The van der Waals surface area contributed by atoms with Crippen LogP contribution in [0.25, 0.3) is 22.0 Å². The number of hydrogen-bond acceptors (Lipinski definition) is 2. The van der Waals surface area contributed by atoms with Gasteiger partial charge in [-0.05, 0) is 36.5 Å². The molecule has 1 aliphatic rings. The highest BCUT2D eigenvalue weighted by atomic mass is 15.3. The Morgan fingerprint density at radius 1 is 1.14 bits per heavy atom. The molecule has 0 spiro atoms. The van der Waals surface area contributed by atoms with Crippen molar-refractivity contribution < 1.29 is 0 Å². The molecular weight excluding hydrogens is 258 g/mol. The van der Waals surface area contributed by atoms with Gasteiger partial charge >= 0.3 is 0 Å². The number of hydrogen-bond donors (Lipinski definition) is 1. The van der Waals surface area contributed by atoms with Gasteiger partial charge < -0.3 is 5.73 Å². The summed E-state index contributed by atoms with van der Waals surface area (Å²) in [6, 6.07) is 15.1. The molecule has 1 atom stereocenters. The summed E-state index contributed by atoms with van der Waals surface area (Å²) in [6.45, 7) is 2.23. The predicted molar refractivity (Wildman–Crippen MR) is 87.0 cm³/mol. The lowest BCUT2D eigenvalue weighted by atomic mass is 10.0.